The standard InChI is InChI=1S/C20H18ClFN2O2/c1-2-26-20(25)24-9-8-15-16-11-14(22)6-7-17(16)23-18(15)19(24)12-4-3-5-13(21)10-12/h3-7,10-11,19,23H,2,8-9H2,1H3. The minimum atomic E-state index is -0.368. The summed E-state index contributed by atoms with van der Waals surface area (Å²) in [6.45, 7) is 2.59. The molecule has 1 atom stereocenters. The van der Waals surface area contributed by atoms with Crippen LogP contribution in [0.5, 0.6) is 0 Å². The summed E-state index contributed by atoms with van der Waals surface area (Å²) in [5.74, 6) is -0.272. The first-order valence-corrected chi connectivity index (χ1v) is 8.95. The highest BCUT2D eigenvalue weighted by Gasteiger charge is 2.35. The summed E-state index contributed by atoms with van der Waals surface area (Å²) >= 11 is 6.18. The van der Waals surface area contributed by atoms with Crippen LogP contribution < -0.4 is 0 Å². The Labute approximate surface area is 155 Å². The van der Waals surface area contributed by atoms with Crippen molar-refractivity contribution in [3.05, 3.63) is 70.1 Å². The first-order valence-electron chi connectivity index (χ1n) is 8.57. The maximum atomic E-state index is 13.7. The van der Waals surface area contributed by atoms with E-state index in [9.17, 15) is 9.18 Å². The molecule has 1 aromatic heterocycles. The Morgan fingerprint density at radius 2 is 2.19 bits per heavy atom. The van der Waals surface area contributed by atoms with Gasteiger partial charge in [0.25, 0.3) is 0 Å². The van der Waals surface area contributed by atoms with Crippen molar-refractivity contribution in [1.29, 1.82) is 0 Å². The van der Waals surface area contributed by atoms with E-state index in [1.165, 1.54) is 6.07 Å². The summed E-state index contributed by atoms with van der Waals surface area (Å²) < 4.78 is 19.0. The molecule has 1 amide bonds. The molecule has 1 aliphatic rings. The van der Waals surface area contributed by atoms with Crippen LogP contribution in [0.2, 0.25) is 5.02 Å². The Bertz CT molecular complexity index is 985. The molecule has 0 saturated heterocycles. The fourth-order valence-electron chi connectivity index (χ4n) is 3.69. The Balaban J connectivity index is 1.89. The van der Waals surface area contributed by atoms with Gasteiger partial charge in [0.05, 0.1) is 6.61 Å². The van der Waals surface area contributed by atoms with Gasteiger partial charge in [0.1, 0.15) is 11.9 Å². The molecule has 3 aromatic rings. The summed E-state index contributed by atoms with van der Waals surface area (Å²) in [5.41, 5.74) is 3.66. The minimum Gasteiger partial charge on any atom is -0.450 e. The van der Waals surface area contributed by atoms with Crippen LogP contribution in [0.4, 0.5) is 9.18 Å². The van der Waals surface area contributed by atoms with E-state index in [1.807, 2.05) is 18.2 Å². The second-order valence-electron chi connectivity index (χ2n) is 6.31. The largest absolute Gasteiger partial charge is 0.450 e. The number of aromatic amines is 1. The van der Waals surface area contributed by atoms with E-state index in [4.69, 9.17) is 16.3 Å². The molecule has 134 valence electrons. The predicted molar refractivity (Wildman–Crippen MR) is 99.0 cm³/mol. The third-order valence-corrected chi connectivity index (χ3v) is 4.99. The lowest BCUT2D eigenvalue weighted by atomic mass is 9.93. The van der Waals surface area contributed by atoms with Crippen LogP contribution in [0, 0.1) is 5.82 Å². The molecule has 0 spiro atoms. The number of amides is 1. The molecule has 0 bridgehead atoms. The fourth-order valence-corrected chi connectivity index (χ4v) is 3.89. The van der Waals surface area contributed by atoms with Crippen LogP contribution in [0.3, 0.4) is 0 Å². The average Bonchev–Trinajstić information content (AvgIpc) is 2.99. The van der Waals surface area contributed by atoms with Gasteiger partial charge in [-0.2, -0.15) is 0 Å². The van der Waals surface area contributed by atoms with Crippen LogP contribution in [0.1, 0.15) is 29.8 Å². The number of ether oxygens (including phenoxy) is 1. The van der Waals surface area contributed by atoms with Crippen molar-refractivity contribution in [3.8, 4) is 0 Å². The number of hydrogen-bond acceptors (Lipinski definition) is 2. The van der Waals surface area contributed by atoms with Crippen LogP contribution >= 0.6 is 11.6 Å². The number of nitrogens with zero attached hydrogens (tertiary/aromatic N) is 1. The number of carbonyl (C=O) groups excluding carboxylic acids is 1. The third-order valence-electron chi connectivity index (χ3n) is 4.76. The molecular weight excluding hydrogens is 355 g/mol. The van der Waals surface area contributed by atoms with E-state index in [0.29, 0.717) is 24.6 Å². The summed E-state index contributed by atoms with van der Waals surface area (Å²) in [5, 5.41) is 1.45. The fraction of sp³-hybridized carbons (Fsp3) is 0.250. The van der Waals surface area contributed by atoms with E-state index in [1.54, 1.807) is 30.0 Å². The van der Waals surface area contributed by atoms with E-state index in [-0.39, 0.29) is 18.0 Å². The van der Waals surface area contributed by atoms with Gasteiger partial charge in [0.15, 0.2) is 0 Å². The molecule has 0 aliphatic carbocycles. The van der Waals surface area contributed by atoms with E-state index < -0.39 is 0 Å². The zero-order valence-electron chi connectivity index (χ0n) is 14.3. The molecule has 6 heteroatoms. The summed E-state index contributed by atoms with van der Waals surface area (Å²) in [6.07, 6.45) is 0.266. The highest BCUT2D eigenvalue weighted by Crippen LogP contribution is 2.39. The number of carbonyl (C=O) groups is 1. The number of halogens is 2. The number of fused-ring (bicyclic) bond motifs is 3. The normalized spacial score (nSPS) is 16.6. The van der Waals surface area contributed by atoms with Crippen molar-refractivity contribution in [2.45, 2.75) is 19.4 Å². The molecule has 0 radical (unpaired) electrons. The lowest BCUT2D eigenvalue weighted by Crippen LogP contribution is -2.41. The first kappa shape index (κ1) is 16.9. The molecule has 26 heavy (non-hydrogen) atoms. The lowest BCUT2D eigenvalue weighted by molar-refractivity contribution is 0.0932. The Morgan fingerprint density at radius 1 is 1.35 bits per heavy atom. The molecule has 0 saturated carbocycles. The monoisotopic (exact) mass is 372 g/mol. The molecule has 2 heterocycles. The molecule has 4 nitrogen and oxygen atoms in total. The van der Waals surface area contributed by atoms with Gasteiger partial charge < -0.3 is 9.72 Å². The molecular formula is C20H18ClFN2O2. The number of H-pyrrole nitrogens is 1. The second-order valence-corrected chi connectivity index (χ2v) is 6.74. The molecule has 2 aromatic carbocycles. The van der Waals surface area contributed by atoms with Crippen LogP contribution in [0.15, 0.2) is 42.5 Å². The SMILES string of the molecule is CCOC(=O)N1CCc2c([nH]c3ccc(F)cc23)C1c1cccc(Cl)c1. The number of hydrogen-bond donors (Lipinski definition) is 1. The number of aromatic nitrogens is 1. The van der Waals surface area contributed by atoms with E-state index in [2.05, 4.69) is 4.98 Å². The van der Waals surface area contributed by atoms with Crippen molar-refractivity contribution in [1.82, 2.24) is 9.88 Å². The van der Waals surface area contributed by atoms with Gasteiger partial charge in [0, 0.05) is 28.2 Å². The van der Waals surface area contributed by atoms with E-state index in [0.717, 1.165) is 27.7 Å². The van der Waals surface area contributed by atoms with E-state index >= 15 is 0 Å². The Kier molecular flexibility index (Phi) is 4.32. The van der Waals surface area contributed by atoms with Crippen molar-refractivity contribution in [3.63, 3.8) is 0 Å². The molecule has 1 N–H and O–H groups in total. The lowest BCUT2D eigenvalue weighted by Gasteiger charge is -2.35. The van der Waals surface area contributed by atoms with Gasteiger partial charge in [-0.3, -0.25) is 4.90 Å². The summed E-state index contributed by atoms with van der Waals surface area (Å²) in [4.78, 5) is 17.6. The maximum absolute atomic E-state index is 13.7. The van der Waals surface area contributed by atoms with Gasteiger partial charge in [-0.15, -0.1) is 0 Å². The zero-order valence-corrected chi connectivity index (χ0v) is 15.0. The van der Waals surface area contributed by atoms with Gasteiger partial charge in [-0.1, -0.05) is 23.7 Å². The first-order chi connectivity index (χ1) is 12.6. The predicted octanol–water partition coefficient (Wildman–Crippen LogP) is 5.06. The highest BCUT2D eigenvalue weighted by atomic mass is 35.5. The minimum absolute atomic E-state index is 0.272. The van der Waals surface area contributed by atoms with Gasteiger partial charge in [0.2, 0.25) is 0 Å². The van der Waals surface area contributed by atoms with Crippen LogP contribution in [0.25, 0.3) is 10.9 Å². The second kappa shape index (κ2) is 6.65. The average molecular weight is 373 g/mol. The third kappa shape index (κ3) is 2.82. The van der Waals surface area contributed by atoms with Gasteiger partial charge in [-0.05, 0) is 54.8 Å². The molecule has 0 fully saturated rings. The Hall–Kier alpha value is -2.53. The quantitative estimate of drug-likeness (QED) is 0.683. The van der Waals surface area contributed by atoms with Crippen molar-refractivity contribution < 1.29 is 13.9 Å². The number of nitrogens with one attached hydrogen (secondary N) is 1. The van der Waals surface area contributed by atoms with Crippen molar-refractivity contribution >= 4 is 28.6 Å². The number of benzene rings is 2. The van der Waals surface area contributed by atoms with Crippen LogP contribution in [-0.4, -0.2) is 29.1 Å². The molecule has 4 rings (SSSR count). The molecule has 1 unspecified atom stereocenters. The molecule has 1 aliphatic heterocycles. The van der Waals surface area contributed by atoms with Crippen molar-refractivity contribution in [2.24, 2.45) is 0 Å². The highest BCUT2D eigenvalue weighted by molar-refractivity contribution is 6.30. The van der Waals surface area contributed by atoms with Crippen molar-refractivity contribution in [2.75, 3.05) is 13.2 Å². The van der Waals surface area contributed by atoms with Crippen LogP contribution in [-0.2, 0) is 11.2 Å². The smallest absolute Gasteiger partial charge is 0.410 e. The van der Waals surface area contributed by atoms with Gasteiger partial charge >= 0.3 is 6.09 Å². The maximum Gasteiger partial charge on any atom is 0.410 e. The number of rotatable bonds is 2. The van der Waals surface area contributed by atoms with Gasteiger partial charge in [-0.25, -0.2) is 9.18 Å². The Morgan fingerprint density at radius 3 is 2.96 bits per heavy atom. The zero-order chi connectivity index (χ0) is 18.3. The summed E-state index contributed by atoms with van der Waals surface area (Å²) in [7, 11) is 0. The summed E-state index contributed by atoms with van der Waals surface area (Å²) in [6, 6.07) is 11.8. The topological polar surface area (TPSA) is 45.3 Å².